The molecule has 124 valence electrons. The first-order chi connectivity index (χ1) is 10.6. The highest BCUT2D eigenvalue weighted by Crippen LogP contribution is 2.33. The van der Waals surface area contributed by atoms with E-state index < -0.39 is 0 Å². The van der Waals surface area contributed by atoms with Crippen LogP contribution in [0.5, 0.6) is 0 Å². The molecule has 2 heterocycles. The number of nitrogens with zero attached hydrogens (tertiary/aromatic N) is 2. The molecule has 1 aliphatic heterocycles. The maximum atomic E-state index is 4.20. The standard InChI is InChI=1S/C17H26N2S.C2H6/c1-14(6-5-11-18(3)4)19-12-9-16(10-13-19)17-8-7-15(2)20-17;1-2/h5-8,16H,1,9-13H2,2-4H3;1-2H3/b6-5+;. The van der Waals surface area contributed by atoms with Crippen LogP contribution in [-0.4, -0.2) is 43.5 Å². The molecule has 0 bridgehead atoms. The Hall–Kier alpha value is -1.06. The number of rotatable bonds is 5. The van der Waals surface area contributed by atoms with Gasteiger partial charge in [-0.15, -0.1) is 11.3 Å². The van der Waals surface area contributed by atoms with E-state index in [0.717, 1.165) is 31.2 Å². The van der Waals surface area contributed by atoms with E-state index in [1.54, 1.807) is 4.88 Å². The number of likely N-dealkylation sites (tertiary alicyclic amines) is 1. The molecule has 1 fully saturated rings. The van der Waals surface area contributed by atoms with E-state index in [1.165, 1.54) is 17.7 Å². The first-order valence-electron chi connectivity index (χ1n) is 8.37. The second-order valence-corrected chi connectivity index (χ2v) is 7.19. The van der Waals surface area contributed by atoms with Gasteiger partial charge < -0.3 is 9.80 Å². The Morgan fingerprint density at radius 1 is 1.32 bits per heavy atom. The van der Waals surface area contributed by atoms with Crippen LogP contribution in [0, 0.1) is 6.92 Å². The van der Waals surface area contributed by atoms with Crippen molar-refractivity contribution in [3.8, 4) is 0 Å². The summed E-state index contributed by atoms with van der Waals surface area (Å²) in [7, 11) is 4.17. The zero-order valence-electron chi connectivity index (χ0n) is 14.9. The topological polar surface area (TPSA) is 6.48 Å². The molecule has 0 amide bonds. The van der Waals surface area contributed by atoms with Gasteiger partial charge in [-0.3, -0.25) is 0 Å². The predicted octanol–water partition coefficient (Wildman–Crippen LogP) is 4.89. The Kier molecular flexibility index (Phi) is 8.51. The van der Waals surface area contributed by atoms with Crippen LogP contribution >= 0.6 is 11.3 Å². The minimum atomic E-state index is 0.753. The van der Waals surface area contributed by atoms with Crippen molar-refractivity contribution in [2.45, 2.75) is 39.5 Å². The fourth-order valence-corrected chi connectivity index (χ4v) is 3.68. The number of piperidine rings is 1. The van der Waals surface area contributed by atoms with E-state index in [2.05, 4.69) is 61.7 Å². The SMILES string of the molecule is C=C(/C=C/CN(C)C)N1CCC(c2ccc(C)s2)CC1.CC. The lowest BCUT2D eigenvalue weighted by Crippen LogP contribution is -2.31. The summed E-state index contributed by atoms with van der Waals surface area (Å²) in [6, 6.07) is 4.56. The van der Waals surface area contributed by atoms with Gasteiger partial charge in [0.15, 0.2) is 0 Å². The van der Waals surface area contributed by atoms with Gasteiger partial charge in [-0.05, 0) is 58.0 Å². The summed E-state index contributed by atoms with van der Waals surface area (Å²) in [5, 5.41) is 0. The van der Waals surface area contributed by atoms with Gasteiger partial charge in [0.25, 0.3) is 0 Å². The molecule has 22 heavy (non-hydrogen) atoms. The Balaban J connectivity index is 0.00000116. The number of hydrogen-bond donors (Lipinski definition) is 0. The molecule has 0 radical (unpaired) electrons. The van der Waals surface area contributed by atoms with Gasteiger partial charge in [-0.2, -0.15) is 0 Å². The highest BCUT2D eigenvalue weighted by atomic mass is 32.1. The van der Waals surface area contributed by atoms with Crippen LogP contribution in [0.3, 0.4) is 0 Å². The van der Waals surface area contributed by atoms with Gasteiger partial charge in [0.1, 0.15) is 0 Å². The fourth-order valence-electron chi connectivity index (χ4n) is 2.63. The summed E-state index contributed by atoms with van der Waals surface area (Å²) >= 11 is 1.96. The van der Waals surface area contributed by atoms with Crippen molar-refractivity contribution in [1.29, 1.82) is 0 Å². The van der Waals surface area contributed by atoms with Gasteiger partial charge in [0.2, 0.25) is 0 Å². The highest BCUT2D eigenvalue weighted by Gasteiger charge is 2.21. The molecule has 0 aliphatic carbocycles. The molecular weight excluding hydrogens is 288 g/mol. The smallest absolute Gasteiger partial charge is 0.0290 e. The number of hydrogen-bond acceptors (Lipinski definition) is 3. The molecule has 2 rings (SSSR count). The van der Waals surface area contributed by atoms with Gasteiger partial charge in [-0.25, -0.2) is 0 Å². The Morgan fingerprint density at radius 2 is 1.95 bits per heavy atom. The minimum absolute atomic E-state index is 0.753. The number of allylic oxidation sites excluding steroid dienone is 1. The molecule has 2 nitrogen and oxygen atoms in total. The van der Waals surface area contributed by atoms with Gasteiger partial charge >= 0.3 is 0 Å². The van der Waals surface area contributed by atoms with Crippen LogP contribution in [0.1, 0.15) is 42.4 Å². The first-order valence-corrected chi connectivity index (χ1v) is 9.19. The monoisotopic (exact) mass is 320 g/mol. The summed E-state index contributed by atoms with van der Waals surface area (Å²) in [5.41, 5.74) is 1.16. The van der Waals surface area contributed by atoms with Gasteiger partial charge in [0.05, 0.1) is 0 Å². The second-order valence-electron chi connectivity index (χ2n) is 5.87. The minimum Gasteiger partial charge on any atom is -0.372 e. The van der Waals surface area contributed by atoms with Crippen LogP contribution in [0.2, 0.25) is 0 Å². The maximum absolute atomic E-state index is 4.20. The average molecular weight is 321 g/mol. The second kappa shape index (κ2) is 9.86. The Labute approximate surface area is 141 Å². The zero-order valence-corrected chi connectivity index (χ0v) is 15.7. The molecule has 3 heteroatoms. The molecule has 0 saturated carbocycles. The number of likely N-dealkylation sites (N-methyl/N-ethyl adjacent to an activating group) is 1. The normalized spacial score (nSPS) is 16.0. The third kappa shape index (κ3) is 5.98. The lowest BCUT2D eigenvalue weighted by molar-refractivity contribution is 0.272. The lowest BCUT2D eigenvalue weighted by Gasteiger charge is -2.33. The molecule has 0 unspecified atom stereocenters. The van der Waals surface area contributed by atoms with Crippen molar-refractivity contribution in [3.05, 3.63) is 46.3 Å². The quantitative estimate of drug-likeness (QED) is 0.712. The van der Waals surface area contributed by atoms with E-state index in [-0.39, 0.29) is 0 Å². The van der Waals surface area contributed by atoms with Crippen LogP contribution in [0.4, 0.5) is 0 Å². The first kappa shape index (κ1) is 19.0. The molecule has 1 aromatic rings. The third-order valence-corrected chi connectivity index (χ3v) is 5.01. The van der Waals surface area contributed by atoms with Gasteiger partial charge in [0, 0.05) is 35.1 Å². The molecule has 1 saturated heterocycles. The predicted molar refractivity (Wildman–Crippen MR) is 101 cm³/mol. The van der Waals surface area contributed by atoms with E-state index in [9.17, 15) is 0 Å². The van der Waals surface area contributed by atoms with Crippen molar-refractivity contribution < 1.29 is 0 Å². The zero-order chi connectivity index (χ0) is 16.5. The molecule has 0 aromatic carbocycles. The Morgan fingerprint density at radius 3 is 2.45 bits per heavy atom. The lowest BCUT2D eigenvalue weighted by atomic mass is 9.95. The van der Waals surface area contributed by atoms with Crippen LogP contribution in [0.25, 0.3) is 0 Å². The highest BCUT2D eigenvalue weighted by molar-refractivity contribution is 7.12. The summed E-state index contributed by atoms with van der Waals surface area (Å²) in [6.45, 7) is 13.6. The maximum Gasteiger partial charge on any atom is 0.0290 e. The molecule has 0 atom stereocenters. The molecule has 1 aromatic heterocycles. The van der Waals surface area contributed by atoms with Crippen molar-refractivity contribution in [1.82, 2.24) is 9.80 Å². The Bertz CT molecular complexity index is 466. The van der Waals surface area contributed by atoms with E-state index >= 15 is 0 Å². The van der Waals surface area contributed by atoms with Crippen molar-refractivity contribution >= 4 is 11.3 Å². The number of aryl methyl sites for hydroxylation is 1. The van der Waals surface area contributed by atoms with E-state index in [1.807, 2.05) is 25.2 Å². The van der Waals surface area contributed by atoms with E-state index in [4.69, 9.17) is 0 Å². The van der Waals surface area contributed by atoms with Crippen molar-refractivity contribution in [3.63, 3.8) is 0 Å². The third-order valence-electron chi connectivity index (χ3n) is 3.85. The largest absolute Gasteiger partial charge is 0.372 e. The summed E-state index contributed by atoms with van der Waals surface area (Å²) in [4.78, 5) is 7.58. The van der Waals surface area contributed by atoms with E-state index in [0.29, 0.717) is 0 Å². The van der Waals surface area contributed by atoms with Crippen LogP contribution < -0.4 is 0 Å². The average Bonchev–Trinajstić information content (AvgIpc) is 2.95. The van der Waals surface area contributed by atoms with Crippen molar-refractivity contribution in [2.24, 2.45) is 0 Å². The van der Waals surface area contributed by atoms with Crippen molar-refractivity contribution in [2.75, 3.05) is 33.7 Å². The molecule has 0 N–H and O–H groups in total. The molecule has 1 aliphatic rings. The fraction of sp³-hybridized carbons (Fsp3) is 0.579. The molecular formula is C19H32N2S. The van der Waals surface area contributed by atoms with Crippen LogP contribution in [0.15, 0.2) is 36.6 Å². The molecule has 0 spiro atoms. The van der Waals surface area contributed by atoms with Crippen LogP contribution in [-0.2, 0) is 0 Å². The summed E-state index contributed by atoms with van der Waals surface area (Å²) in [5.74, 6) is 0.753. The number of thiophene rings is 1. The summed E-state index contributed by atoms with van der Waals surface area (Å²) in [6.07, 6.45) is 6.85. The van der Waals surface area contributed by atoms with Gasteiger partial charge in [-0.1, -0.05) is 26.5 Å². The summed E-state index contributed by atoms with van der Waals surface area (Å²) < 4.78 is 0.